The number of rotatable bonds is 9. The van der Waals surface area contributed by atoms with Crippen molar-refractivity contribution >= 4 is 18.3 Å². The molecule has 30 heavy (non-hydrogen) atoms. The maximum atomic E-state index is 12.9. The molecular weight excluding hydrogens is 400 g/mol. The lowest BCUT2D eigenvalue weighted by molar-refractivity contribution is 0.0950. The zero-order valence-corrected chi connectivity index (χ0v) is 18.4. The van der Waals surface area contributed by atoms with Gasteiger partial charge in [-0.15, -0.1) is 12.4 Å². The van der Waals surface area contributed by atoms with Crippen LogP contribution in [0.4, 0.5) is 0 Å². The molecule has 0 saturated carbocycles. The van der Waals surface area contributed by atoms with E-state index in [0.717, 1.165) is 23.4 Å². The Kier molecular flexibility index (Phi) is 8.89. The van der Waals surface area contributed by atoms with Crippen LogP contribution in [0.2, 0.25) is 0 Å². The van der Waals surface area contributed by atoms with Crippen LogP contribution in [0, 0.1) is 0 Å². The molecule has 0 aliphatic carbocycles. The van der Waals surface area contributed by atoms with Crippen LogP contribution in [0.5, 0.6) is 5.75 Å². The Morgan fingerprint density at radius 1 is 1.17 bits per heavy atom. The van der Waals surface area contributed by atoms with E-state index in [1.54, 1.807) is 7.11 Å². The highest BCUT2D eigenvalue weighted by atomic mass is 35.5. The quantitative estimate of drug-likeness (QED) is 0.544. The second-order valence-electron chi connectivity index (χ2n) is 6.98. The minimum atomic E-state index is -0.133. The van der Waals surface area contributed by atoms with Crippen LogP contribution in [-0.2, 0) is 6.54 Å². The first-order valence-corrected chi connectivity index (χ1v) is 9.88. The molecule has 0 fully saturated rings. The number of halogens is 1. The number of aromatic nitrogens is 2. The molecule has 3 rings (SSSR count). The topological polar surface area (TPSA) is 68.2 Å². The van der Waals surface area contributed by atoms with Crippen molar-refractivity contribution in [3.8, 4) is 17.0 Å². The van der Waals surface area contributed by atoms with Gasteiger partial charge in [0.05, 0.1) is 19.2 Å². The Balaban J connectivity index is 0.00000320. The van der Waals surface area contributed by atoms with Crippen molar-refractivity contribution in [3.63, 3.8) is 0 Å². The Bertz CT molecular complexity index is 943. The van der Waals surface area contributed by atoms with E-state index in [9.17, 15) is 4.79 Å². The van der Waals surface area contributed by atoms with Gasteiger partial charge in [0.15, 0.2) is 0 Å². The maximum absolute atomic E-state index is 12.9. The molecule has 0 spiro atoms. The van der Waals surface area contributed by atoms with Crippen LogP contribution < -0.4 is 15.4 Å². The summed E-state index contributed by atoms with van der Waals surface area (Å²) in [5.41, 5.74) is 3.17. The van der Waals surface area contributed by atoms with Gasteiger partial charge in [-0.3, -0.25) is 9.48 Å². The summed E-state index contributed by atoms with van der Waals surface area (Å²) in [4.78, 5) is 12.9. The van der Waals surface area contributed by atoms with Gasteiger partial charge in [-0.2, -0.15) is 5.10 Å². The minimum Gasteiger partial charge on any atom is -0.497 e. The molecule has 0 aliphatic heterocycles. The van der Waals surface area contributed by atoms with Gasteiger partial charge in [0.25, 0.3) is 5.91 Å². The van der Waals surface area contributed by atoms with Crippen LogP contribution in [0.3, 0.4) is 0 Å². The summed E-state index contributed by atoms with van der Waals surface area (Å²) >= 11 is 0. The minimum absolute atomic E-state index is 0. The number of hydrogen-bond donors (Lipinski definition) is 2. The molecule has 160 valence electrons. The fraction of sp³-hybridized carbons (Fsp3) is 0.304. The molecule has 0 saturated heterocycles. The van der Waals surface area contributed by atoms with E-state index in [4.69, 9.17) is 9.84 Å². The smallest absolute Gasteiger partial charge is 0.255 e. The monoisotopic (exact) mass is 428 g/mol. The molecule has 1 aromatic heterocycles. The Labute approximate surface area is 184 Å². The number of nitrogens with zero attached hydrogens (tertiary/aromatic N) is 2. The molecule has 7 heteroatoms. The SMILES string of the molecule is CCN[C@H](C)CNC(=O)c1cn(Cc2ccccc2)nc1-c1cccc(OC)c1.Cl. The summed E-state index contributed by atoms with van der Waals surface area (Å²) in [5.74, 6) is 0.596. The molecule has 6 nitrogen and oxygen atoms in total. The zero-order valence-electron chi connectivity index (χ0n) is 17.6. The number of hydrogen-bond acceptors (Lipinski definition) is 4. The predicted molar refractivity (Wildman–Crippen MR) is 122 cm³/mol. The van der Waals surface area contributed by atoms with Gasteiger partial charge in [0, 0.05) is 24.3 Å². The van der Waals surface area contributed by atoms with Gasteiger partial charge in [-0.25, -0.2) is 0 Å². The van der Waals surface area contributed by atoms with Crippen LogP contribution in [0.25, 0.3) is 11.3 Å². The van der Waals surface area contributed by atoms with E-state index in [2.05, 4.69) is 10.6 Å². The normalized spacial score (nSPS) is 11.4. The molecule has 0 bridgehead atoms. The molecule has 2 N–H and O–H groups in total. The lowest BCUT2D eigenvalue weighted by atomic mass is 10.1. The molecule has 0 unspecified atom stereocenters. The summed E-state index contributed by atoms with van der Waals surface area (Å²) in [5, 5.41) is 11.0. The van der Waals surface area contributed by atoms with Crippen molar-refractivity contribution in [1.82, 2.24) is 20.4 Å². The number of nitrogens with one attached hydrogen (secondary N) is 2. The Hall–Kier alpha value is -2.83. The van der Waals surface area contributed by atoms with E-state index in [1.165, 1.54) is 0 Å². The predicted octanol–water partition coefficient (Wildman–Crippen LogP) is 3.76. The Morgan fingerprint density at radius 2 is 1.93 bits per heavy atom. The average molecular weight is 429 g/mol. The molecule has 1 amide bonds. The highest BCUT2D eigenvalue weighted by Crippen LogP contribution is 2.26. The summed E-state index contributed by atoms with van der Waals surface area (Å²) in [6.45, 7) is 6.10. The fourth-order valence-corrected chi connectivity index (χ4v) is 3.18. The molecule has 2 aromatic carbocycles. The van der Waals surface area contributed by atoms with Crippen molar-refractivity contribution in [1.29, 1.82) is 0 Å². The first-order valence-electron chi connectivity index (χ1n) is 9.88. The number of benzene rings is 2. The van der Waals surface area contributed by atoms with Crippen molar-refractivity contribution in [2.24, 2.45) is 0 Å². The summed E-state index contributed by atoms with van der Waals surface area (Å²) < 4.78 is 7.15. The summed E-state index contributed by atoms with van der Waals surface area (Å²) in [6.07, 6.45) is 1.81. The van der Waals surface area contributed by atoms with Crippen molar-refractivity contribution in [2.75, 3.05) is 20.2 Å². The first kappa shape index (κ1) is 23.4. The lowest BCUT2D eigenvalue weighted by Crippen LogP contribution is -2.38. The Morgan fingerprint density at radius 3 is 2.63 bits per heavy atom. The molecule has 1 atom stereocenters. The van der Waals surface area contributed by atoms with Crippen molar-refractivity contribution in [3.05, 3.63) is 71.9 Å². The van der Waals surface area contributed by atoms with Crippen LogP contribution in [0.1, 0.15) is 29.8 Å². The second-order valence-corrected chi connectivity index (χ2v) is 6.98. The largest absolute Gasteiger partial charge is 0.497 e. The van der Waals surface area contributed by atoms with E-state index < -0.39 is 0 Å². The van der Waals surface area contributed by atoms with E-state index in [1.807, 2.05) is 79.3 Å². The molecule has 3 aromatic rings. The van der Waals surface area contributed by atoms with Crippen LogP contribution in [-0.4, -0.2) is 41.9 Å². The van der Waals surface area contributed by atoms with Crippen LogP contribution >= 0.6 is 12.4 Å². The van der Waals surface area contributed by atoms with Gasteiger partial charge in [0.2, 0.25) is 0 Å². The molecule has 0 aliphatic rings. The second kappa shape index (κ2) is 11.4. The highest BCUT2D eigenvalue weighted by molar-refractivity contribution is 5.99. The fourth-order valence-electron chi connectivity index (χ4n) is 3.18. The van der Waals surface area contributed by atoms with Gasteiger partial charge < -0.3 is 15.4 Å². The molecular formula is C23H29ClN4O2. The lowest BCUT2D eigenvalue weighted by Gasteiger charge is -2.13. The summed E-state index contributed by atoms with van der Waals surface area (Å²) in [7, 11) is 1.63. The highest BCUT2D eigenvalue weighted by Gasteiger charge is 2.19. The average Bonchev–Trinajstić information content (AvgIpc) is 3.17. The van der Waals surface area contributed by atoms with Gasteiger partial charge in [-0.1, -0.05) is 49.4 Å². The molecule has 0 radical (unpaired) electrons. The number of amides is 1. The third kappa shape index (κ3) is 6.08. The van der Waals surface area contributed by atoms with Crippen LogP contribution in [0.15, 0.2) is 60.8 Å². The molecule has 1 heterocycles. The zero-order chi connectivity index (χ0) is 20.6. The number of carbonyl (C=O) groups excluding carboxylic acids is 1. The standard InChI is InChI=1S/C23H28N4O2.ClH/c1-4-24-17(2)14-25-23(28)21-16-27(15-18-9-6-5-7-10-18)26-22(21)19-11-8-12-20(13-19)29-3;/h5-13,16-17,24H,4,14-15H2,1-3H3,(H,25,28);1H/t17-;/m1./s1. The van der Waals surface area contributed by atoms with E-state index in [-0.39, 0.29) is 24.4 Å². The van der Waals surface area contributed by atoms with Crippen molar-refractivity contribution < 1.29 is 9.53 Å². The third-order valence-electron chi connectivity index (χ3n) is 4.66. The number of methoxy groups -OCH3 is 1. The number of likely N-dealkylation sites (N-methyl/N-ethyl adjacent to an activating group) is 1. The number of carbonyl (C=O) groups is 1. The van der Waals surface area contributed by atoms with E-state index in [0.29, 0.717) is 24.3 Å². The van der Waals surface area contributed by atoms with Gasteiger partial charge >= 0.3 is 0 Å². The third-order valence-corrected chi connectivity index (χ3v) is 4.66. The van der Waals surface area contributed by atoms with E-state index >= 15 is 0 Å². The van der Waals surface area contributed by atoms with Crippen molar-refractivity contribution in [2.45, 2.75) is 26.4 Å². The first-order chi connectivity index (χ1) is 14.1. The van der Waals surface area contributed by atoms with Gasteiger partial charge in [0.1, 0.15) is 11.4 Å². The maximum Gasteiger partial charge on any atom is 0.255 e. The number of ether oxygens (including phenoxy) is 1. The van der Waals surface area contributed by atoms with Gasteiger partial charge in [-0.05, 0) is 31.2 Å². The summed E-state index contributed by atoms with van der Waals surface area (Å²) in [6, 6.07) is 17.9.